The van der Waals surface area contributed by atoms with Gasteiger partial charge in [0.2, 0.25) is 5.91 Å². The number of allylic oxidation sites excluding steroid dienone is 1. The minimum atomic E-state index is -0.118. The highest BCUT2D eigenvalue weighted by Crippen LogP contribution is 2.49. The van der Waals surface area contributed by atoms with Crippen LogP contribution in [0.2, 0.25) is 10.0 Å². The van der Waals surface area contributed by atoms with Crippen LogP contribution in [0, 0.1) is 11.8 Å². The Morgan fingerprint density at radius 3 is 2.44 bits per heavy atom. The standard InChI is InChI=1S/C20H17Cl2NO2/c21-12-3-1-11(2-4-12)19-15(14-6-5-13(24)9-18(14)22)7-8-16-17(19)10-23-20(16)25/h1-9,15-17,19,24H,10H2,(H,23,25). The van der Waals surface area contributed by atoms with Crippen molar-refractivity contribution in [2.45, 2.75) is 11.8 Å². The summed E-state index contributed by atoms with van der Waals surface area (Å²) >= 11 is 12.5. The SMILES string of the molecule is O=C1NCC2C1C=CC(c1ccc(O)cc1Cl)C2c1ccc(Cl)cc1. The van der Waals surface area contributed by atoms with Gasteiger partial charge in [-0.25, -0.2) is 0 Å². The number of nitrogens with one attached hydrogen (secondary N) is 1. The van der Waals surface area contributed by atoms with Crippen LogP contribution in [0.15, 0.2) is 54.6 Å². The monoisotopic (exact) mass is 373 g/mol. The minimum Gasteiger partial charge on any atom is -0.508 e. The van der Waals surface area contributed by atoms with E-state index in [0.29, 0.717) is 16.6 Å². The normalized spacial score (nSPS) is 27.8. The topological polar surface area (TPSA) is 49.3 Å². The second-order valence-corrected chi connectivity index (χ2v) is 7.47. The Morgan fingerprint density at radius 2 is 1.72 bits per heavy atom. The minimum absolute atomic E-state index is 0.0308. The van der Waals surface area contributed by atoms with Crippen molar-refractivity contribution in [1.82, 2.24) is 5.32 Å². The molecule has 2 aromatic carbocycles. The number of carbonyl (C=O) groups excluding carboxylic acids is 1. The molecular formula is C20H17Cl2NO2. The second kappa shape index (κ2) is 6.40. The van der Waals surface area contributed by atoms with Crippen LogP contribution in [-0.2, 0) is 4.79 Å². The summed E-state index contributed by atoms with van der Waals surface area (Å²) in [5.74, 6) is 0.403. The van der Waals surface area contributed by atoms with Crippen molar-refractivity contribution in [3.8, 4) is 5.75 Å². The lowest BCUT2D eigenvalue weighted by Gasteiger charge is -2.36. The zero-order valence-corrected chi connectivity index (χ0v) is 14.8. The molecule has 4 atom stereocenters. The van der Waals surface area contributed by atoms with E-state index < -0.39 is 0 Å². The lowest BCUT2D eigenvalue weighted by Crippen LogP contribution is -2.29. The van der Waals surface area contributed by atoms with Crippen LogP contribution < -0.4 is 5.32 Å². The lowest BCUT2D eigenvalue weighted by atomic mass is 9.67. The predicted molar refractivity (Wildman–Crippen MR) is 99.2 cm³/mol. The van der Waals surface area contributed by atoms with E-state index in [-0.39, 0.29) is 35.3 Å². The molecule has 1 aliphatic heterocycles. The molecule has 128 valence electrons. The Balaban J connectivity index is 1.83. The number of benzene rings is 2. The summed E-state index contributed by atoms with van der Waals surface area (Å²) in [6, 6.07) is 12.9. The van der Waals surface area contributed by atoms with Crippen molar-refractivity contribution >= 4 is 29.1 Å². The highest BCUT2D eigenvalue weighted by Gasteiger charge is 2.44. The van der Waals surface area contributed by atoms with Crippen LogP contribution in [0.25, 0.3) is 0 Å². The van der Waals surface area contributed by atoms with Crippen molar-refractivity contribution in [3.63, 3.8) is 0 Å². The third-order valence-electron chi connectivity index (χ3n) is 5.25. The zero-order valence-electron chi connectivity index (χ0n) is 13.3. The van der Waals surface area contributed by atoms with E-state index >= 15 is 0 Å². The molecular weight excluding hydrogens is 357 g/mol. The Hall–Kier alpha value is -1.97. The van der Waals surface area contributed by atoms with Gasteiger partial charge in [-0.05, 0) is 47.2 Å². The third-order valence-corrected chi connectivity index (χ3v) is 5.83. The number of rotatable bonds is 2. The molecule has 1 fully saturated rings. The highest BCUT2D eigenvalue weighted by molar-refractivity contribution is 6.31. The van der Waals surface area contributed by atoms with Crippen LogP contribution in [-0.4, -0.2) is 17.6 Å². The van der Waals surface area contributed by atoms with Gasteiger partial charge in [0.25, 0.3) is 0 Å². The van der Waals surface area contributed by atoms with E-state index in [2.05, 4.69) is 11.4 Å². The number of hydrogen-bond donors (Lipinski definition) is 2. The average Bonchev–Trinajstić information content (AvgIpc) is 2.97. The van der Waals surface area contributed by atoms with Gasteiger partial charge in [-0.1, -0.05) is 53.6 Å². The summed E-state index contributed by atoms with van der Waals surface area (Å²) < 4.78 is 0. The van der Waals surface area contributed by atoms with Gasteiger partial charge >= 0.3 is 0 Å². The van der Waals surface area contributed by atoms with Gasteiger partial charge in [-0.3, -0.25) is 4.79 Å². The zero-order chi connectivity index (χ0) is 17.6. The number of phenolic OH excluding ortho intramolecular Hbond substituents is 1. The first-order chi connectivity index (χ1) is 12.0. The van der Waals surface area contributed by atoms with Gasteiger partial charge in [0.1, 0.15) is 5.75 Å². The first-order valence-corrected chi connectivity index (χ1v) is 9.00. The van der Waals surface area contributed by atoms with Gasteiger partial charge < -0.3 is 10.4 Å². The van der Waals surface area contributed by atoms with Crippen LogP contribution in [0.5, 0.6) is 5.75 Å². The smallest absolute Gasteiger partial charge is 0.227 e. The van der Waals surface area contributed by atoms with E-state index in [9.17, 15) is 9.90 Å². The fourth-order valence-corrected chi connectivity index (χ4v) is 4.51. The molecule has 2 N–H and O–H groups in total. The molecule has 2 aromatic rings. The van der Waals surface area contributed by atoms with Crippen LogP contribution in [0.1, 0.15) is 23.0 Å². The quantitative estimate of drug-likeness (QED) is 0.761. The highest BCUT2D eigenvalue weighted by atomic mass is 35.5. The largest absolute Gasteiger partial charge is 0.508 e. The Kier molecular flexibility index (Phi) is 4.22. The van der Waals surface area contributed by atoms with E-state index in [1.807, 2.05) is 36.4 Å². The fourth-order valence-electron chi connectivity index (χ4n) is 4.09. The molecule has 2 aliphatic rings. The summed E-state index contributed by atoms with van der Waals surface area (Å²) in [5, 5.41) is 13.9. The molecule has 4 unspecified atom stereocenters. The molecule has 5 heteroatoms. The molecule has 1 heterocycles. The fraction of sp³-hybridized carbons (Fsp3) is 0.250. The molecule has 0 aromatic heterocycles. The van der Waals surface area contributed by atoms with Crippen LogP contribution in [0.4, 0.5) is 0 Å². The first kappa shape index (κ1) is 16.5. The molecule has 0 saturated carbocycles. The molecule has 3 nitrogen and oxygen atoms in total. The van der Waals surface area contributed by atoms with E-state index in [1.54, 1.807) is 12.1 Å². The predicted octanol–water partition coefficient (Wildman–Crippen LogP) is 4.50. The summed E-state index contributed by atoms with van der Waals surface area (Å²) in [6.07, 6.45) is 4.07. The van der Waals surface area contributed by atoms with Gasteiger partial charge in [0.15, 0.2) is 0 Å². The summed E-state index contributed by atoms with van der Waals surface area (Å²) in [4.78, 5) is 12.2. The number of carbonyl (C=O) groups is 1. The van der Waals surface area contributed by atoms with Gasteiger partial charge in [-0.15, -0.1) is 0 Å². The van der Waals surface area contributed by atoms with Crippen molar-refractivity contribution in [2.24, 2.45) is 11.8 Å². The summed E-state index contributed by atoms with van der Waals surface area (Å²) in [5.41, 5.74) is 2.09. The van der Waals surface area contributed by atoms with E-state index in [1.165, 1.54) is 0 Å². The number of fused-ring (bicyclic) bond motifs is 1. The maximum atomic E-state index is 12.2. The van der Waals surface area contributed by atoms with Crippen LogP contribution >= 0.6 is 23.2 Å². The first-order valence-electron chi connectivity index (χ1n) is 8.24. The molecule has 25 heavy (non-hydrogen) atoms. The molecule has 1 aliphatic carbocycles. The molecule has 0 radical (unpaired) electrons. The van der Waals surface area contributed by atoms with Crippen LogP contribution in [0.3, 0.4) is 0 Å². The van der Waals surface area contributed by atoms with Crippen molar-refractivity contribution < 1.29 is 9.90 Å². The lowest BCUT2D eigenvalue weighted by molar-refractivity contribution is -0.121. The number of amides is 1. The maximum Gasteiger partial charge on any atom is 0.227 e. The van der Waals surface area contributed by atoms with Gasteiger partial charge in [0, 0.05) is 22.5 Å². The Bertz CT molecular complexity index is 847. The van der Waals surface area contributed by atoms with Crippen molar-refractivity contribution in [2.75, 3.05) is 6.54 Å². The van der Waals surface area contributed by atoms with Gasteiger partial charge in [-0.2, -0.15) is 0 Å². The van der Waals surface area contributed by atoms with Crippen molar-refractivity contribution in [3.05, 3.63) is 75.8 Å². The van der Waals surface area contributed by atoms with E-state index in [4.69, 9.17) is 23.2 Å². The van der Waals surface area contributed by atoms with Gasteiger partial charge in [0.05, 0.1) is 5.92 Å². The number of hydrogen-bond acceptors (Lipinski definition) is 2. The summed E-state index contributed by atoms with van der Waals surface area (Å²) in [6.45, 7) is 0.646. The average molecular weight is 374 g/mol. The Morgan fingerprint density at radius 1 is 1.00 bits per heavy atom. The molecule has 1 saturated heterocycles. The molecule has 0 bridgehead atoms. The number of phenols is 1. The Labute approximate surface area is 156 Å². The number of aromatic hydroxyl groups is 1. The molecule has 4 rings (SSSR count). The summed E-state index contributed by atoms with van der Waals surface area (Å²) in [7, 11) is 0. The number of halogens is 2. The van der Waals surface area contributed by atoms with E-state index in [0.717, 1.165) is 11.1 Å². The molecule has 1 amide bonds. The van der Waals surface area contributed by atoms with Crippen molar-refractivity contribution in [1.29, 1.82) is 0 Å². The second-order valence-electron chi connectivity index (χ2n) is 6.63. The third kappa shape index (κ3) is 2.92. The maximum absolute atomic E-state index is 12.2. The molecule has 0 spiro atoms.